The predicted octanol–water partition coefficient (Wildman–Crippen LogP) is 3.81. The van der Waals surface area contributed by atoms with E-state index in [2.05, 4.69) is 0 Å². The minimum atomic E-state index is -0.973. The second-order valence-corrected chi connectivity index (χ2v) is 8.17. The predicted molar refractivity (Wildman–Crippen MR) is 115 cm³/mol. The van der Waals surface area contributed by atoms with Gasteiger partial charge in [0.25, 0.3) is 11.1 Å². The maximum atomic E-state index is 12.8. The number of nitrogens with zero attached hydrogens (tertiary/aromatic N) is 2. The normalized spacial score (nSPS) is 17.5. The molecule has 0 bridgehead atoms. The van der Waals surface area contributed by atoms with Crippen molar-refractivity contribution in [3.8, 4) is 17.2 Å². The fourth-order valence-electron chi connectivity index (χ4n) is 3.68. The molecule has 0 aliphatic carbocycles. The highest BCUT2D eigenvalue weighted by atomic mass is 32.2. The van der Waals surface area contributed by atoms with Gasteiger partial charge in [0.05, 0.1) is 11.5 Å². The van der Waals surface area contributed by atoms with Gasteiger partial charge in [0.2, 0.25) is 6.79 Å². The number of amides is 2. The van der Waals surface area contributed by atoms with Crippen LogP contribution in [-0.4, -0.2) is 46.0 Å². The lowest BCUT2D eigenvalue weighted by atomic mass is 10.2. The summed E-state index contributed by atoms with van der Waals surface area (Å²) in [4.78, 5) is 38.5. The fraction of sp³-hybridized carbons (Fsp3) is 0.318. The summed E-state index contributed by atoms with van der Waals surface area (Å²) < 4.78 is 17.8. The van der Waals surface area contributed by atoms with Crippen LogP contribution in [0.4, 0.5) is 4.79 Å². The maximum Gasteiger partial charge on any atom is 0.329 e. The molecule has 1 atom stereocenters. The molecular weight excluding hydrogens is 420 g/mol. The molecule has 1 fully saturated rings. The molecule has 1 aromatic heterocycles. The van der Waals surface area contributed by atoms with Gasteiger partial charge < -0.3 is 18.8 Å². The summed E-state index contributed by atoms with van der Waals surface area (Å²) in [5.41, 5.74) is 3.58. The molecule has 0 radical (unpaired) electrons. The van der Waals surface area contributed by atoms with Crippen molar-refractivity contribution < 1.29 is 28.6 Å². The molecule has 8 nitrogen and oxygen atoms in total. The Kier molecular flexibility index (Phi) is 5.53. The van der Waals surface area contributed by atoms with Crippen molar-refractivity contribution in [1.82, 2.24) is 9.47 Å². The Morgan fingerprint density at radius 1 is 1.23 bits per heavy atom. The van der Waals surface area contributed by atoms with E-state index in [-0.39, 0.29) is 18.3 Å². The van der Waals surface area contributed by atoms with Crippen molar-refractivity contribution >= 4 is 35.0 Å². The van der Waals surface area contributed by atoms with Crippen LogP contribution < -0.4 is 9.47 Å². The van der Waals surface area contributed by atoms with Crippen LogP contribution in [0.5, 0.6) is 11.5 Å². The number of benzene rings is 1. The smallest absolute Gasteiger partial charge is 0.329 e. The van der Waals surface area contributed by atoms with E-state index in [0.717, 1.165) is 39.3 Å². The van der Waals surface area contributed by atoms with Gasteiger partial charge >= 0.3 is 5.97 Å². The number of ether oxygens (including phenoxy) is 3. The SMILES string of the molecule is CCOC(=O)C(C)N1C(=O)S/C(=C\c2cc(C)n(-c3ccc4c(c3)OCO4)c2C)C1=O. The molecule has 1 unspecified atom stereocenters. The zero-order chi connectivity index (χ0) is 22.3. The van der Waals surface area contributed by atoms with Crippen molar-refractivity contribution in [3.63, 3.8) is 0 Å². The van der Waals surface area contributed by atoms with Crippen LogP contribution >= 0.6 is 11.8 Å². The van der Waals surface area contributed by atoms with Crippen LogP contribution in [0.1, 0.15) is 30.8 Å². The van der Waals surface area contributed by atoms with E-state index in [1.54, 1.807) is 13.0 Å². The Labute approximate surface area is 183 Å². The number of carbonyl (C=O) groups is 3. The van der Waals surface area contributed by atoms with Gasteiger partial charge in [-0.3, -0.25) is 14.5 Å². The number of fused-ring (bicyclic) bond motifs is 1. The summed E-state index contributed by atoms with van der Waals surface area (Å²) >= 11 is 0.821. The quantitative estimate of drug-likeness (QED) is 0.514. The first-order valence-electron chi connectivity index (χ1n) is 9.84. The van der Waals surface area contributed by atoms with Crippen LogP contribution in [0.15, 0.2) is 29.2 Å². The summed E-state index contributed by atoms with van der Waals surface area (Å²) in [6, 6.07) is 6.67. The molecule has 2 aromatic rings. The Balaban J connectivity index is 1.64. The Bertz CT molecular complexity index is 1120. The third-order valence-electron chi connectivity index (χ3n) is 5.21. The number of thioether (sulfide) groups is 1. The Hall–Kier alpha value is -3.20. The number of aromatic nitrogens is 1. The van der Waals surface area contributed by atoms with Crippen LogP contribution in [0.3, 0.4) is 0 Å². The zero-order valence-corrected chi connectivity index (χ0v) is 18.4. The minimum absolute atomic E-state index is 0.182. The van der Waals surface area contributed by atoms with Gasteiger partial charge in [-0.1, -0.05) is 0 Å². The second kappa shape index (κ2) is 8.14. The summed E-state index contributed by atoms with van der Waals surface area (Å²) in [6.07, 6.45) is 1.69. The summed E-state index contributed by atoms with van der Waals surface area (Å²) in [7, 11) is 0. The van der Waals surface area contributed by atoms with Gasteiger partial charge in [-0.25, -0.2) is 4.79 Å². The molecule has 0 saturated carbocycles. The van der Waals surface area contributed by atoms with E-state index in [0.29, 0.717) is 11.5 Å². The monoisotopic (exact) mass is 442 g/mol. The van der Waals surface area contributed by atoms with E-state index >= 15 is 0 Å². The zero-order valence-electron chi connectivity index (χ0n) is 17.6. The van der Waals surface area contributed by atoms with E-state index in [1.165, 1.54) is 6.92 Å². The Morgan fingerprint density at radius 3 is 2.71 bits per heavy atom. The van der Waals surface area contributed by atoms with E-state index in [4.69, 9.17) is 14.2 Å². The molecule has 0 N–H and O–H groups in total. The van der Waals surface area contributed by atoms with Crippen LogP contribution in [0.25, 0.3) is 11.8 Å². The lowest BCUT2D eigenvalue weighted by Gasteiger charge is -2.19. The van der Waals surface area contributed by atoms with Crippen molar-refractivity contribution in [2.24, 2.45) is 0 Å². The van der Waals surface area contributed by atoms with E-state index < -0.39 is 23.2 Å². The number of aryl methyl sites for hydroxylation is 1. The molecule has 9 heteroatoms. The van der Waals surface area contributed by atoms with Gasteiger partial charge in [0.1, 0.15) is 6.04 Å². The van der Waals surface area contributed by atoms with Gasteiger partial charge in [0, 0.05) is 23.1 Å². The molecule has 3 heterocycles. The summed E-state index contributed by atoms with van der Waals surface area (Å²) in [6.45, 7) is 7.45. The number of hydrogen-bond acceptors (Lipinski definition) is 7. The third-order valence-corrected chi connectivity index (χ3v) is 6.09. The van der Waals surface area contributed by atoms with Gasteiger partial charge in [-0.2, -0.15) is 0 Å². The molecule has 2 aliphatic rings. The lowest BCUT2D eigenvalue weighted by Crippen LogP contribution is -2.42. The van der Waals surface area contributed by atoms with Gasteiger partial charge in [0.15, 0.2) is 11.5 Å². The van der Waals surface area contributed by atoms with Gasteiger partial charge in [-0.05, 0) is 69.3 Å². The first-order valence-corrected chi connectivity index (χ1v) is 10.7. The molecular formula is C22H22N2O6S. The van der Waals surface area contributed by atoms with E-state index in [9.17, 15) is 14.4 Å². The molecule has 2 aliphatic heterocycles. The third kappa shape index (κ3) is 3.69. The van der Waals surface area contributed by atoms with Crippen molar-refractivity contribution in [3.05, 3.63) is 46.1 Å². The summed E-state index contributed by atoms with van der Waals surface area (Å²) in [5.74, 6) is 0.284. The highest BCUT2D eigenvalue weighted by Gasteiger charge is 2.41. The molecule has 2 amide bonds. The standard InChI is InChI=1S/C22H22N2O6S/c1-5-28-21(26)14(4)24-20(25)19(31-22(24)27)9-15-8-12(2)23(13(15)3)16-6-7-17-18(10-16)30-11-29-17/h6-10,14H,5,11H2,1-4H3/b19-9-. The van der Waals surface area contributed by atoms with Crippen molar-refractivity contribution in [2.75, 3.05) is 13.4 Å². The molecule has 4 rings (SSSR count). The maximum absolute atomic E-state index is 12.8. The first-order chi connectivity index (χ1) is 14.8. The highest BCUT2D eigenvalue weighted by Crippen LogP contribution is 2.37. The number of imide groups is 1. The second-order valence-electron chi connectivity index (χ2n) is 7.18. The fourth-order valence-corrected chi connectivity index (χ4v) is 4.58. The highest BCUT2D eigenvalue weighted by molar-refractivity contribution is 8.18. The average Bonchev–Trinajstić information content (AvgIpc) is 3.38. The molecule has 1 aromatic carbocycles. The van der Waals surface area contributed by atoms with Crippen LogP contribution in [0.2, 0.25) is 0 Å². The molecule has 0 spiro atoms. The average molecular weight is 442 g/mol. The first kappa shape index (κ1) is 21.0. The van der Waals surface area contributed by atoms with Crippen molar-refractivity contribution in [1.29, 1.82) is 0 Å². The molecule has 31 heavy (non-hydrogen) atoms. The lowest BCUT2D eigenvalue weighted by molar-refractivity contribution is -0.150. The summed E-state index contributed by atoms with van der Waals surface area (Å²) in [5, 5.41) is -0.485. The minimum Gasteiger partial charge on any atom is -0.464 e. The topological polar surface area (TPSA) is 87.1 Å². The van der Waals surface area contributed by atoms with E-state index in [1.807, 2.05) is 42.7 Å². The molecule has 162 valence electrons. The van der Waals surface area contributed by atoms with Gasteiger partial charge in [-0.15, -0.1) is 0 Å². The largest absolute Gasteiger partial charge is 0.464 e. The van der Waals surface area contributed by atoms with Crippen molar-refractivity contribution in [2.45, 2.75) is 33.7 Å². The number of carbonyl (C=O) groups excluding carboxylic acids is 3. The Morgan fingerprint density at radius 2 is 1.97 bits per heavy atom. The van der Waals surface area contributed by atoms with Crippen LogP contribution in [0, 0.1) is 13.8 Å². The number of hydrogen-bond donors (Lipinski definition) is 0. The van der Waals surface area contributed by atoms with Crippen LogP contribution in [-0.2, 0) is 14.3 Å². The number of rotatable bonds is 5. The number of esters is 1. The molecule has 1 saturated heterocycles.